The van der Waals surface area contributed by atoms with Gasteiger partial charge in [-0.25, -0.2) is 0 Å². The highest BCUT2D eigenvalue weighted by molar-refractivity contribution is 14.1. The predicted octanol–water partition coefficient (Wildman–Crippen LogP) is 3.60. The van der Waals surface area contributed by atoms with Crippen molar-refractivity contribution in [3.8, 4) is 11.5 Å². The Morgan fingerprint density at radius 1 is 1.48 bits per heavy atom. The van der Waals surface area contributed by atoms with Crippen LogP contribution in [0.5, 0.6) is 0 Å². The second-order valence-corrected chi connectivity index (χ2v) is 6.59. The van der Waals surface area contributed by atoms with E-state index in [1.165, 1.54) is 0 Å². The van der Waals surface area contributed by atoms with E-state index < -0.39 is 5.54 Å². The highest BCUT2D eigenvalue weighted by atomic mass is 127. The molecule has 2 aromatic rings. The molecule has 21 heavy (non-hydrogen) atoms. The van der Waals surface area contributed by atoms with Gasteiger partial charge >= 0.3 is 0 Å². The quantitative estimate of drug-likeness (QED) is 0.570. The van der Waals surface area contributed by atoms with E-state index in [1.807, 2.05) is 26.0 Å². The number of nitrogens with two attached hydrogens (primary N) is 1. The fourth-order valence-electron chi connectivity index (χ4n) is 1.69. The third kappa shape index (κ3) is 4.15. The highest BCUT2D eigenvalue weighted by Crippen LogP contribution is 2.26. The summed E-state index contributed by atoms with van der Waals surface area (Å²) >= 11 is 8.26. The molecule has 0 aliphatic carbocycles. The molecule has 1 unspecified atom stereocenters. The zero-order valence-electron chi connectivity index (χ0n) is 11.9. The van der Waals surface area contributed by atoms with Crippen LogP contribution >= 0.6 is 34.2 Å². The monoisotopic (exact) mass is 421 g/mol. The molecule has 0 saturated carbocycles. The first-order valence-electron chi connectivity index (χ1n) is 6.60. The summed E-state index contributed by atoms with van der Waals surface area (Å²) in [6.45, 7) is 4.86. The Morgan fingerprint density at radius 3 is 2.90 bits per heavy atom. The van der Waals surface area contributed by atoms with Crippen LogP contribution in [-0.4, -0.2) is 23.4 Å². The van der Waals surface area contributed by atoms with Crippen molar-refractivity contribution in [2.75, 3.05) is 13.2 Å². The lowest BCUT2D eigenvalue weighted by Crippen LogP contribution is -2.39. The molecule has 0 radical (unpaired) electrons. The predicted molar refractivity (Wildman–Crippen MR) is 90.1 cm³/mol. The molecule has 1 aromatic carbocycles. The van der Waals surface area contributed by atoms with Gasteiger partial charge in [-0.05, 0) is 54.1 Å². The molecular weight excluding hydrogens is 405 g/mol. The van der Waals surface area contributed by atoms with Crippen molar-refractivity contribution >= 4 is 34.2 Å². The molecule has 0 spiro atoms. The molecule has 1 heterocycles. The van der Waals surface area contributed by atoms with Gasteiger partial charge in [-0.3, -0.25) is 0 Å². The Kier molecular flexibility index (Phi) is 5.59. The maximum atomic E-state index is 6.19. The van der Waals surface area contributed by atoms with E-state index in [-0.39, 0.29) is 0 Å². The van der Waals surface area contributed by atoms with Gasteiger partial charge in [-0.2, -0.15) is 4.98 Å². The molecule has 0 saturated heterocycles. The molecule has 114 valence electrons. The van der Waals surface area contributed by atoms with Gasteiger partial charge in [0.15, 0.2) is 5.82 Å². The molecule has 1 aromatic heterocycles. The maximum Gasteiger partial charge on any atom is 0.258 e. The van der Waals surface area contributed by atoms with Crippen molar-refractivity contribution in [1.29, 1.82) is 0 Å². The van der Waals surface area contributed by atoms with Gasteiger partial charge in [0.05, 0.1) is 11.6 Å². The zero-order chi connectivity index (χ0) is 15.5. The summed E-state index contributed by atoms with van der Waals surface area (Å²) in [6.07, 6.45) is 0.939. The Balaban J connectivity index is 2.18. The first-order valence-corrected chi connectivity index (χ1v) is 8.06. The van der Waals surface area contributed by atoms with Crippen molar-refractivity contribution in [2.24, 2.45) is 5.73 Å². The Morgan fingerprint density at radius 2 is 2.24 bits per heavy atom. The minimum atomic E-state index is -0.788. The molecule has 2 N–H and O–H groups in total. The summed E-state index contributed by atoms with van der Waals surface area (Å²) < 4.78 is 11.7. The zero-order valence-corrected chi connectivity index (χ0v) is 14.8. The first kappa shape index (κ1) is 16.7. The average Bonchev–Trinajstić information content (AvgIpc) is 2.92. The molecule has 5 nitrogen and oxygen atoms in total. The molecular formula is C14H17ClIN3O2. The lowest BCUT2D eigenvalue weighted by atomic mass is 10.1. The van der Waals surface area contributed by atoms with Crippen LogP contribution in [0.3, 0.4) is 0 Å². The van der Waals surface area contributed by atoms with Crippen molar-refractivity contribution in [3.05, 3.63) is 32.6 Å². The Bertz CT molecular complexity index is 616. The first-order chi connectivity index (χ1) is 9.94. The van der Waals surface area contributed by atoms with Crippen molar-refractivity contribution < 1.29 is 9.26 Å². The van der Waals surface area contributed by atoms with Crippen molar-refractivity contribution in [1.82, 2.24) is 10.1 Å². The van der Waals surface area contributed by atoms with Crippen LogP contribution < -0.4 is 5.73 Å². The van der Waals surface area contributed by atoms with Crippen LogP contribution in [0.25, 0.3) is 11.5 Å². The van der Waals surface area contributed by atoms with Gasteiger partial charge in [0.25, 0.3) is 5.89 Å². The van der Waals surface area contributed by atoms with E-state index in [0.29, 0.717) is 30.0 Å². The number of hydrogen-bond acceptors (Lipinski definition) is 5. The minimum Gasteiger partial charge on any atom is -0.379 e. The Labute approximate surface area is 142 Å². The summed E-state index contributed by atoms with van der Waals surface area (Å²) in [5.41, 5.74) is 6.17. The molecule has 0 fully saturated rings. The van der Waals surface area contributed by atoms with Gasteiger partial charge in [-0.1, -0.05) is 23.7 Å². The van der Waals surface area contributed by atoms with Crippen LogP contribution in [-0.2, 0) is 10.3 Å². The topological polar surface area (TPSA) is 74.2 Å². The number of hydrogen-bond donors (Lipinski definition) is 1. The van der Waals surface area contributed by atoms with Crippen LogP contribution in [0, 0.1) is 3.57 Å². The van der Waals surface area contributed by atoms with Crippen molar-refractivity contribution in [2.45, 2.75) is 25.8 Å². The smallest absolute Gasteiger partial charge is 0.258 e. The second-order valence-electron chi connectivity index (χ2n) is 5.02. The molecule has 7 heteroatoms. The number of ether oxygens (including phenoxy) is 1. The van der Waals surface area contributed by atoms with Crippen LogP contribution in [0.4, 0.5) is 0 Å². The molecule has 0 bridgehead atoms. The Hall–Kier alpha value is -0.700. The molecule has 0 amide bonds. The van der Waals surface area contributed by atoms with E-state index >= 15 is 0 Å². The summed E-state index contributed by atoms with van der Waals surface area (Å²) in [7, 11) is 0. The SMILES string of the molecule is CCCOCC(C)(N)c1noc(-c2ccc(I)c(Cl)c2)n1. The molecule has 0 aliphatic rings. The molecule has 0 aliphatic heterocycles. The van der Waals surface area contributed by atoms with Crippen LogP contribution in [0.1, 0.15) is 26.1 Å². The molecule has 2 rings (SSSR count). The number of benzene rings is 1. The van der Waals surface area contributed by atoms with E-state index in [0.717, 1.165) is 15.6 Å². The third-order valence-electron chi connectivity index (χ3n) is 2.85. The van der Waals surface area contributed by atoms with Crippen LogP contribution in [0.15, 0.2) is 22.7 Å². The summed E-state index contributed by atoms with van der Waals surface area (Å²) in [5.74, 6) is 0.818. The second kappa shape index (κ2) is 7.04. The van der Waals surface area contributed by atoms with E-state index in [1.54, 1.807) is 6.07 Å². The van der Waals surface area contributed by atoms with Crippen molar-refractivity contribution in [3.63, 3.8) is 0 Å². The fourth-order valence-corrected chi connectivity index (χ4v) is 2.21. The maximum absolute atomic E-state index is 6.19. The summed E-state index contributed by atoms with van der Waals surface area (Å²) in [5, 5.41) is 4.61. The average molecular weight is 422 g/mol. The standard InChI is InChI=1S/C14H17ClIN3O2/c1-3-6-20-8-14(2,17)13-18-12(21-19-13)9-4-5-11(16)10(15)7-9/h4-5,7H,3,6,8,17H2,1-2H3. The van der Waals surface area contributed by atoms with E-state index in [9.17, 15) is 0 Å². The van der Waals surface area contributed by atoms with Gasteiger partial charge in [0, 0.05) is 15.7 Å². The van der Waals surface area contributed by atoms with Gasteiger partial charge in [0.2, 0.25) is 0 Å². The number of nitrogens with zero attached hydrogens (tertiary/aromatic N) is 2. The number of aromatic nitrogens is 2. The molecule has 1 atom stereocenters. The van der Waals surface area contributed by atoms with E-state index in [4.69, 9.17) is 26.6 Å². The highest BCUT2D eigenvalue weighted by Gasteiger charge is 2.28. The third-order valence-corrected chi connectivity index (χ3v) is 4.43. The lowest BCUT2D eigenvalue weighted by molar-refractivity contribution is 0.0867. The van der Waals surface area contributed by atoms with Gasteiger partial charge in [-0.15, -0.1) is 0 Å². The van der Waals surface area contributed by atoms with Gasteiger partial charge < -0.3 is 15.0 Å². The fraction of sp³-hybridized carbons (Fsp3) is 0.429. The number of halogens is 2. The van der Waals surface area contributed by atoms with Crippen LogP contribution in [0.2, 0.25) is 5.02 Å². The number of rotatable bonds is 6. The van der Waals surface area contributed by atoms with Gasteiger partial charge in [0.1, 0.15) is 5.54 Å². The lowest BCUT2D eigenvalue weighted by Gasteiger charge is -2.19. The van der Waals surface area contributed by atoms with E-state index in [2.05, 4.69) is 32.7 Å². The summed E-state index contributed by atoms with van der Waals surface area (Å²) in [4.78, 5) is 4.36. The normalized spacial score (nSPS) is 14.1. The summed E-state index contributed by atoms with van der Waals surface area (Å²) in [6, 6.07) is 5.57. The minimum absolute atomic E-state index is 0.341. The largest absolute Gasteiger partial charge is 0.379 e.